The highest BCUT2D eigenvalue weighted by Gasteiger charge is 2.38. The van der Waals surface area contributed by atoms with Crippen LogP contribution in [0.15, 0.2) is 6.33 Å². The molecule has 1 aliphatic heterocycles. The van der Waals surface area contributed by atoms with Gasteiger partial charge in [0.1, 0.15) is 12.2 Å². The Morgan fingerprint density at radius 1 is 1.53 bits per heavy atom. The molecule has 0 aliphatic carbocycles. The average Bonchev–Trinajstić information content (AvgIpc) is 2.89. The van der Waals surface area contributed by atoms with Gasteiger partial charge in [0.05, 0.1) is 18.5 Å². The summed E-state index contributed by atoms with van der Waals surface area (Å²) in [6.45, 7) is 4.35. The van der Waals surface area contributed by atoms with E-state index in [4.69, 9.17) is 0 Å². The van der Waals surface area contributed by atoms with Crippen LogP contribution < -0.4 is 5.32 Å². The number of rotatable bonds is 5. The van der Waals surface area contributed by atoms with Gasteiger partial charge < -0.3 is 4.57 Å². The van der Waals surface area contributed by atoms with Crippen LogP contribution in [0.25, 0.3) is 0 Å². The molecule has 7 heteroatoms. The van der Waals surface area contributed by atoms with Gasteiger partial charge in [-0.05, 0) is 13.3 Å². The molecule has 1 saturated heterocycles. The summed E-state index contributed by atoms with van der Waals surface area (Å²) in [5, 5.41) is 11.0. The Hall–Kier alpha value is -1.76. The molecule has 2 unspecified atom stereocenters. The Labute approximate surface area is 112 Å². The molecule has 1 aromatic heterocycles. The topological polar surface area (TPSA) is 80.1 Å². The van der Waals surface area contributed by atoms with Gasteiger partial charge in [0.2, 0.25) is 11.8 Å². The van der Waals surface area contributed by atoms with E-state index in [9.17, 15) is 9.59 Å². The summed E-state index contributed by atoms with van der Waals surface area (Å²) in [5.74, 6) is 0.504. The minimum absolute atomic E-state index is 0.102. The van der Waals surface area contributed by atoms with Crippen molar-refractivity contribution in [3.63, 3.8) is 0 Å². The third kappa shape index (κ3) is 2.65. The first-order valence-electron chi connectivity index (χ1n) is 6.48. The summed E-state index contributed by atoms with van der Waals surface area (Å²) in [4.78, 5) is 25.2. The van der Waals surface area contributed by atoms with Gasteiger partial charge >= 0.3 is 0 Å². The second-order valence-corrected chi connectivity index (χ2v) is 4.83. The molecule has 2 rings (SSSR count). The number of aromatic nitrogens is 3. The Bertz CT molecular complexity index is 484. The molecule has 0 aromatic carbocycles. The first-order chi connectivity index (χ1) is 9.04. The highest BCUT2D eigenvalue weighted by Crippen LogP contribution is 2.17. The monoisotopic (exact) mass is 265 g/mol. The summed E-state index contributed by atoms with van der Waals surface area (Å²) >= 11 is 0. The van der Waals surface area contributed by atoms with Crippen molar-refractivity contribution in [3.05, 3.63) is 12.2 Å². The Balaban J connectivity index is 2.03. The number of hydrogen-bond acceptors (Lipinski definition) is 5. The minimum Gasteiger partial charge on any atom is -0.319 e. The molecule has 19 heavy (non-hydrogen) atoms. The SMILES string of the molecule is CCCN1C(=O)CC(NC(C)c2nncn2C)C1=O. The molecule has 7 nitrogen and oxygen atoms in total. The number of nitrogens with one attached hydrogen (secondary N) is 1. The quantitative estimate of drug-likeness (QED) is 0.758. The number of aryl methyl sites for hydroxylation is 1. The lowest BCUT2D eigenvalue weighted by molar-refractivity contribution is -0.138. The maximum atomic E-state index is 12.1. The number of carbonyl (C=O) groups excluding carboxylic acids is 2. The molecule has 0 spiro atoms. The van der Waals surface area contributed by atoms with Crippen molar-refractivity contribution in [1.29, 1.82) is 0 Å². The maximum absolute atomic E-state index is 12.1. The normalized spacial score (nSPS) is 21.2. The average molecular weight is 265 g/mol. The smallest absolute Gasteiger partial charge is 0.246 e. The third-order valence-electron chi connectivity index (χ3n) is 3.28. The molecule has 1 aliphatic rings. The van der Waals surface area contributed by atoms with Crippen LogP contribution in [-0.4, -0.2) is 44.1 Å². The van der Waals surface area contributed by atoms with Crippen molar-refractivity contribution in [2.75, 3.05) is 6.54 Å². The molecule has 1 aromatic rings. The highest BCUT2D eigenvalue weighted by atomic mass is 16.2. The Kier molecular flexibility index (Phi) is 3.94. The van der Waals surface area contributed by atoms with Gasteiger partial charge in [-0.25, -0.2) is 0 Å². The largest absolute Gasteiger partial charge is 0.319 e. The van der Waals surface area contributed by atoms with Crippen LogP contribution in [0.5, 0.6) is 0 Å². The molecule has 2 heterocycles. The van der Waals surface area contributed by atoms with Crippen LogP contribution in [0, 0.1) is 0 Å². The zero-order valence-electron chi connectivity index (χ0n) is 11.5. The van der Waals surface area contributed by atoms with Crippen LogP contribution >= 0.6 is 0 Å². The van der Waals surface area contributed by atoms with Gasteiger partial charge in [-0.3, -0.25) is 19.8 Å². The van der Waals surface area contributed by atoms with E-state index in [1.165, 1.54) is 4.90 Å². The summed E-state index contributed by atoms with van der Waals surface area (Å²) in [6, 6.07) is -0.582. The molecule has 2 atom stereocenters. The molecule has 0 saturated carbocycles. The molecule has 1 fully saturated rings. The number of hydrogen-bond donors (Lipinski definition) is 1. The van der Waals surface area contributed by atoms with E-state index in [-0.39, 0.29) is 24.3 Å². The number of amides is 2. The lowest BCUT2D eigenvalue weighted by Gasteiger charge is -2.18. The molecule has 2 amide bonds. The maximum Gasteiger partial charge on any atom is 0.246 e. The van der Waals surface area contributed by atoms with Crippen LogP contribution in [0.3, 0.4) is 0 Å². The van der Waals surface area contributed by atoms with Crippen LogP contribution in [0.2, 0.25) is 0 Å². The van der Waals surface area contributed by atoms with Gasteiger partial charge in [0.15, 0.2) is 0 Å². The fourth-order valence-electron chi connectivity index (χ4n) is 2.33. The molecule has 0 radical (unpaired) electrons. The van der Waals surface area contributed by atoms with Crippen molar-refractivity contribution in [2.24, 2.45) is 7.05 Å². The second kappa shape index (κ2) is 5.48. The van der Waals surface area contributed by atoms with E-state index in [0.717, 1.165) is 12.2 Å². The van der Waals surface area contributed by atoms with Crippen LogP contribution in [0.4, 0.5) is 0 Å². The van der Waals surface area contributed by atoms with E-state index < -0.39 is 6.04 Å². The van der Waals surface area contributed by atoms with Gasteiger partial charge in [-0.2, -0.15) is 0 Å². The highest BCUT2D eigenvalue weighted by molar-refractivity contribution is 6.05. The zero-order valence-corrected chi connectivity index (χ0v) is 11.5. The molecule has 104 valence electrons. The third-order valence-corrected chi connectivity index (χ3v) is 3.28. The molecular weight excluding hydrogens is 246 g/mol. The minimum atomic E-state index is -0.453. The number of likely N-dealkylation sites (tertiary alicyclic amines) is 1. The van der Waals surface area contributed by atoms with E-state index in [0.29, 0.717) is 6.54 Å². The number of nitrogens with zero attached hydrogens (tertiary/aromatic N) is 4. The van der Waals surface area contributed by atoms with Crippen molar-refractivity contribution in [2.45, 2.75) is 38.8 Å². The Morgan fingerprint density at radius 2 is 2.26 bits per heavy atom. The fraction of sp³-hybridized carbons (Fsp3) is 0.667. The van der Waals surface area contributed by atoms with E-state index in [1.54, 1.807) is 10.9 Å². The van der Waals surface area contributed by atoms with Gasteiger partial charge in [-0.1, -0.05) is 6.92 Å². The lowest BCUT2D eigenvalue weighted by Crippen LogP contribution is -2.40. The van der Waals surface area contributed by atoms with Crippen molar-refractivity contribution >= 4 is 11.8 Å². The van der Waals surface area contributed by atoms with Crippen LogP contribution in [0.1, 0.15) is 38.6 Å². The first kappa shape index (κ1) is 13.7. The van der Waals surface area contributed by atoms with E-state index in [1.807, 2.05) is 20.9 Å². The van der Waals surface area contributed by atoms with Gasteiger partial charge in [0.25, 0.3) is 0 Å². The molecular formula is C12H19N5O2. The predicted molar refractivity (Wildman–Crippen MR) is 68.0 cm³/mol. The van der Waals surface area contributed by atoms with Crippen molar-refractivity contribution in [1.82, 2.24) is 25.0 Å². The summed E-state index contributed by atoms with van der Waals surface area (Å²) < 4.78 is 1.79. The fourth-order valence-corrected chi connectivity index (χ4v) is 2.33. The molecule has 0 bridgehead atoms. The zero-order chi connectivity index (χ0) is 14.0. The predicted octanol–water partition coefficient (Wildman–Crippen LogP) is 0.00320. The number of imide groups is 1. The molecule has 1 N–H and O–H groups in total. The first-order valence-corrected chi connectivity index (χ1v) is 6.48. The van der Waals surface area contributed by atoms with Gasteiger partial charge in [-0.15, -0.1) is 10.2 Å². The van der Waals surface area contributed by atoms with E-state index >= 15 is 0 Å². The van der Waals surface area contributed by atoms with Gasteiger partial charge in [0, 0.05) is 13.6 Å². The summed E-state index contributed by atoms with van der Waals surface area (Å²) in [7, 11) is 1.85. The number of carbonyl (C=O) groups is 2. The standard InChI is InChI=1S/C12H19N5O2/c1-4-5-17-10(18)6-9(12(17)19)14-8(2)11-15-13-7-16(11)3/h7-9,14H,4-6H2,1-3H3. The van der Waals surface area contributed by atoms with Crippen molar-refractivity contribution in [3.8, 4) is 0 Å². The van der Waals surface area contributed by atoms with Crippen molar-refractivity contribution < 1.29 is 9.59 Å². The Morgan fingerprint density at radius 3 is 2.84 bits per heavy atom. The second-order valence-electron chi connectivity index (χ2n) is 4.83. The van der Waals surface area contributed by atoms with E-state index in [2.05, 4.69) is 15.5 Å². The lowest BCUT2D eigenvalue weighted by atomic mass is 10.2. The van der Waals surface area contributed by atoms with Crippen LogP contribution in [-0.2, 0) is 16.6 Å². The summed E-state index contributed by atoms with van der Waals surface area (Å²) in [5.41, 5.74) is 0. The summed E-state index contributed by atoms with van der Waals surface area (Å²) in [6.07, 6.45) is 2.61.